The second kappa shape index (κ2) is 8.20. The highest BCUT2D eigenvalue weighted by molar-refractivity contribution is 9.10. The van der Waals surface area contributed by atoms with Gasteiger partial charge in [0, 0.05) is 21.7 Å². The van der Waals surface area contributed by atoms with Crippen molar-refractivity contribution in [3.63, 3.8) is 0 Å². The highest BCUT2D eigenvalue weighted by atomic mass is 79.9. The monoisotopic (exact) mass is 331 g/mol. The van der Waals surface area contributed by atoms with Crippen molar-refractivity contribution in [3.8, 4) is 0 Å². The van der Waals surface area contributed by atoms with E-state index in [9.17, 15) is 5.11 Å². The molecule has 0 bridgehead atoms. The summed E-state index contributed by atoms with van der Waals surface area (Å²) in [6, 6.07) is 6.17. The van der Waals surface area contributed by atoms with Gasteiger partial charge in [-0.15, -0.1) is 11.8 Å². The molecule has 0 saturated carbocycles. The van der Waals surface area contributed by atoms with Gasteiger partial charge in [0.2, 0.25) is 0 Å². The molecule has 0 unspecified atom stereocenters. The smallest absolute Gasteiger partial charge is 0.0772 e. The summed E-state index contributed by atoms with van der Waals surface area (Å²) in [7, 11) is 0. The maximum Gasteiger partial charge on any atom is 0.0772 e. The minimum Gasteiger partial charge on any atom is -0.389 e. The summed E-state index contributed by atoms with van der Waals surface area (Å²) >= 11 is 5.37. The fourth-order valence-electron chi connectivity index (χ4n) is 1.77. The van der Waals surface area contributed by atoms with Crippen LogP contribution in [0.2, 0.25) is 0 Å². The third-order valence-corrected chi connectivity index (χ3v) is 4.65. The van der Waals surface area contributed by atoms with Crippen molar-refractivity contribution in [2.75, 3.05) is 25.4 Å². The number of benzene rings is 1. The topological polar surface area (TPSA) is 23.5 Å². The lowest BCUT2D eigenvalue weighted by Gasteiger charge is -2.17. The maximum absolute atomic E-state index is 9.56. The molecule has 0 heterocycles. The minimum absolute atomic E-state index is 0.422. The van der Waals surface area contributed by atoms with Crippen LogP contribution in [0.4, 0.5) is 0 Å². The summed E-state index contributed by atoms with van der Waals surface area (Å²) in [6.45, 7) is 9.52. The number of nitrogens with zero attached hydrogens (tertiary/aromatic N) is 1. The van der Waals surface area contributed by atoms with Crippen molar-refractivity contribution >= 4 is 27.7 Å². The summed E-state index contributed by atoms with van der Waals surface area (Å²) in [5.41, 5.74) is 0.947. The number of hydrogen-bond donors (Lipinski definition) is 1. The van der Waals surface area contributed by atoms with E-state index in [0.717, 1.165) is 35.4 Å². The Labute approximate surface area is 123 Å². The Hall–Kier alpha value is -0.0300. The van der Waals surface area contributed by atoms with Crippen LogP contribution in [0.25, 0.3) is 0 Å². The van der Waals surface area contributed by atoms with Crippen molar-refractivity contribution in [3.05, 3.63) is 28.2 Å². The number of aliphatic hydroxyl groups is 1. The predicted octanol–water partition coefficient (Wildman–Crippen LogP) is 3.94. The van der Waals surface area contributed by atoms with Crippen LogP contribution < -0.4 is 0 Å². The van der Waals surface area contributed by atoms with E-state index in [0.29, 0.717) is 0 Å². The molecule has 4 heteroatoms. The van der Waals surface area contributed by atoms with Crippen LogP contribution in [0.1, 0.15) is 32.4 Å². The molecule has 0 aliphatic heterocycles. The van der Waals surface area contributed by atoms with Crippen LogP contribution in [0.5, 0.6) is 0 Å². The zero-order valence-corrected chi connectivity index (χ0v) is 13.7. The van der Waals surface area contributed by atoms with Gasteiger partial charge in [-0.2, -0.15) is 0 Å². The lowest BCUT2D eigenvalue weighted by molar-refractivity contribution is 0.198. The quantitative estimate of drug-likeness (QED) is 0.765. The van der Waals surface area contributed by atoms with Gasteiger partial charge in [-0.3, -0.25) is 0 Å². The van der Waals surface area contributed by atoms with Crippen molar-refractivity contribution < 1.29 is 5.11 Å². The third kappa shape index (κ3) is 4.92. The minimum atomic E-state index is -0.422. The molecule has 0 radical (unpaired) electrons. The summed E-state index contributed by atoms with van der Waals surface area (Å²) in [4.78, 5) is 3.67. The molecule has 1 atom stereocenters. The fourth-order valence-corrected chi connectivity index (χ4v) is 3.58. The van der Waals surface area contributed by atoms with E-state index in [1.54, 1.807) is 6.92 Å². The zero-order chi connectivity index (χ0) is 13.5. The zero-order valence-electron chi connectivity index (χ0n) is 11.3. The Morgan fingerprint density at radius 3 is 2.50 bits per heavy atom. The Balaban J connectivity index is 2.51. The van der Waals surface area contributed by atoms with Gasteiger partial charge < -0.3 is 10.0 Å². The van der Waals surface area contributed by atoms with Crippen LogP contribution in [-0.2, 0) is 0 Å². The van der Waals surface area contributed by atoms with Crippen molar-refractivity contribution in [1.29, 1.82) is 0 Å². The molecule has 1 aromatic rings. The molecule has 0 aliphatic carbocycles. The molecular weight excluding hydrogens is 310 g/mol. The van der Waals surface area contributed by atoms with Crippen molar-refractivity contribution in [1.82, 2.24) is 4.90 Å². The van der Waals surface area contributed by atoms with Gasteiger partial charge in [-0.05, 0) is 37.7 Å². The number of halogens is 1. The van der Waals surface area contributed by atoms with Crippen LogP contribution in [-0.4, -0.2) is 35.4 Å². The first-order valence-electron chi connectivity index (χ1n) is 6.41. The molecule has 102 valence electrons. The van der Waals surface area contributed by atoms with Gasteiger partial charge in [-0.25, -0.2) is 0 Å². The number of aliphatic hydroxyl groups excluding tert-OH is 1. The van der Waals surface area contributed by atoms with E-state index < -0.39 is 6.10 Å². The Kier molecular flexibility index (Phi) is 7.30. The van der Waals surface area contributed by atoms with E-state index in [-0.39, 0.29) is 0 Å². The lowest BCUT2D eigenvalue weighted by atomic mass is 10.1. The molecule has 0 spiro atoms. The normalized spacial score (nSPS) is 13.0. The molecule has 0 aliphatic rings. The molecule has 0 aromatic heterocycles. The van der Waals surface area contributed by atoms with Crippen LogP contribution in [0, 0.1) is 0 Å². The average Bonchev–Trinajstić information content (AvgIpc) is 2.34. The molecule has 2 nitrogen and oxygen atoms in total. The van der Waals surface area contributed by atoms with E-state index in [2.05, 4.69) is 46.8 Å². The lowest BCUT2D eigenvalue weighted by Crippen LogP contribution is -2.25. The number of rotatable bonds is 7. The summed E-state index contributed by atoms with van der Waals surface area (Å²) in [5.74, 6) is 1.10. The Bertz CT molecular complexity index is 367. The first-order chi connectivity index (χ1) is 8.58. The van der Waals surface area contributed by atoms with Crippen LogP contribution in [0.3, 0.4) is 0 Å². The first kappa shape index (κ1) is 16.0. The maximum atomic E-state index is 9.56. The van der Waals surface area contributed by atoms with Crippen molar-refractivity contribution in [2.24, 2.45) is 0 Å². The Morgan fingerprint density at radius 2 is 2.00 bits per heavy atom. The molecule has 0 amide bonds. The third-order valence-electron chi connectivity index (χ3n) is 2.99. The average molecular weight is 332 g/mol. The molecule has 0 fully saturated rings. The van der Waals surface area contributed by atoms with Gasteiger partial charge in [0.05, 0.1) is 6.10 Å². The summed E-state index contributed by atoms with van der Waals surface area (Å²) in [6.07, 6.45) is -0.422. The molecule has 1 rings (SSSR count). The first-order valence-corrected chi connectivity index (χ1v) is 8.19. The molecular formula is C14H22BrNOS. The Morgan fingerprint density at radius 1 is 1.33 bits per heavy atom. The van der Waals surface area contributed by atoms with E-state index in [4.69, 9.17) is 0 Å². The number of thioether (sulfide) groups is 1. The van der Waals surface area contributed by atoms with Gasteiger partial charge in [-0.1, -0.05) is 35.8 Å². The van der Waals surface area contributed by atoms with Gasteiger partial charge in [0.15, 0.2) is 0 Å². The number of hydrogen-bond acceptors (Lipinski definition) is 3. The SMILES string of the molecule is CCN(CC)CCSc1ccc([C@@H](C)O)c(Br)c1. The van der Waals surface area contributed by atoms with Gasteiger partial charge in [0.25, 0.3) is 0 Å². The fraction of sp³-hybridized carbons (Fsp3) is 0.571. The molecule has 18 heavy (non-hydrogen) atoms. The summed E-state index contributed by atoms with van der Waals surface area (Å²) < 4.78 is 0.991. The summed E-state index contributed by atoms with van der Waals surface area (Å²) in [5, 5.41) is 9.56. The van der Waals surface area contributed by atoms with E-state index in [1.807, 2.05) is 17.8 Å². The largest absolute Gasteiger partial charge is 0.389 e. The predicted molar refractivity (Wildman–Crippen MR) is 83.3 cm³/mol. The highest BCUT2D eigenvalue weighted by Crippen LogP contribution is 2.28. The second-order valence-corrected chi connectivity index (χ2v) is 6.26. The molecule has 0 saturated heterocycles. The van der Waals surface area contributed by atoms with Crippen LogP contribution in [0.15, 0.2) is 27.6 Å². The highest BCUT2D eigenvalue weighted by Gasteiger charge is 2.07. The standard InChI is InChI=1S/C14H22BrNOS/c1-4-16(5-2)8-9-18-12-6-7-13(11(3)17)14(15)10-12/h6-7,10-11,17H,4-5,8-9H2,1-3H3/t11-/m1/s1. The van der Waals surface area contributed by atoms with Gasteiger partial charge in [0.1, 0.15) is 0 Å². The van der Waals surface area contributed by atoms with E-state index >= 15 is 0 Å². The molecule has 1 aromatic carbocycles. The van der Waals surface area contributed by atoms with E-state index in [1.165, 1.54) is 4.90 Å². The van der Waals surface area contributed by atoms with Crippen molar-refractivity contribution in [2.45, 2.75) is 31.8 Å². The van der Waals surface area contributed by atoms with Crippen LogP contribution >= 0.6 is 27.7 Å². The van der Waals surface area contributed by atoms with Gasteiger partial charge >= 0.3 is 0 Å². The molecule has 1 N–H and O–H groups in total. The second-order valence-electron chi connectivity index (χ2n) is 4.23.